The lowest BCUT2D eigenvalue weighted by Crippen LogP contribution is -2.46. The van der Waals surface area contributed by atoms with E-state index in [1.807, 2.05) is 62.3 Å². The summed E-state index contributed by atoms with van der Waals surface area (Å²) in [5.41, 5.74) is -0.104. The lowest BCUT2D eigenvalue weighted by Gasteiger charge is -2.32. The van der Waals surface area contributed by atoms with Gasteiger partial charge in [0, 0.05) is 34.4 Å². The third kappa shape index (κ3) is 28.4. The number of carbonyl (C=O) groups excluding carboxylic acids is 3. The van der Waals surface area contributed by atoms with Gasteiger partial charge in [0.1, 0.15) is 0 Å². The number of carbonyl (C=O) groups is 3. The van der Waals surface area contributed by atoms with Crippen molar-refractivity contribution < 1.29 is 14.4 Å². The maximum atomic E-state index is 12.1. The Morgan fingerprint density at radius 2 is 0.867 bits per heavy atom. The van der Waals surface area contributed by atoms with Crippen LogP contribution >= 0.6 is 0 Å². The maximum Gasteiger partial charge on any atom is 0.224 e. The van der Waals surface area contributed by atoms with E-state index in [9.17, 15) is 14.4 Å². The van der Waals surface area contributed by atoms with E-state index in [0.29, 0.717) is 5.92 Å². The molecule has 0 saturated carbocycles. The molecule has 3 N–H and O–H groups in total. The molecule has 0 spiro atoms. The van der Waals surface area contributed by atoms with Gasteiger partial charge in [-0.05, 0) is 105 Å². The highest BCUT2D eigenvalue weighted by molar-refractivity contribution is 5.80. The molecule has 0 radical (unpaired) electrons. The molecule has 0 saturated heterocycles. The van der Waals surface area contributed by atoms with Crippen molar-refractivity contribution in [3.63, 3.8) is 0 Å². The lowest BCUT2D eigenvalue weighted by molar-refractivity contribution is -0.130. The van der Waals surface area contributed by atoms with Gasteiger partial charge < -0.3 is 16.0 Å². The van der Waals surface area contributed by atoms with E-state index in [-0.39, 0.29) is 62.9 Å². The summed E-state index contributed by atoms with van der Waals surface area (Å²) in [6.07, 6.45) is 7.09. The molecule has 3 unspecified atom stereocenters. The molecule has 0 aromatic carbocycles. The van der Waals surface area contributed by atoms with Crippen molar-refractivity contribution in [1.29, 1.82) is 0 Å². The molecule has 0 aliphatic rings. The predicted molar refractivity (Wildman–Crippen MR) is 197 cm³/mol. The minimum atomic E-state index is -0.131. The van der Waals surface area contributed by atoms with Gasteiger partial charge in [-0.3, -0.25) is 14.4 Å². The topological polar surface area (TPSA) is 87.3 Å². The van der Waals surface area contributed by atoms with E-state index in [0.717, 1.165) is 44.9 Å². The molecule has 0 aliphatic heterocycles. The zero-order valence-corrected chi connectivity index (χ0v) is 34.0. The summed E-state index contributed by atoms with van der Waals surface area (Å²) in [7, 11) is 0. The Labute approximate surface area is 282 Å². The quantitative estimate of drug-likeness (QED) is 0.210. The molecule has 3 amide bonds. The SMILES string of the molecule is CCCC(C(=O)NC(C)(C)C)C(C)(C)C.CCCC(C(=O)NC(C)(C)C)C(C)C.CCCC(CC(C)(C)C)C(=O)NC(C)(C)C. The zero-order chi connectivity index (χ0) is 36.6. The van der Waals surface area contributed by atoms with Crippen molar-refractivity contribution in [2.24, 2.45) is 34.5 Å². The van der Waals surface area contributed by atoms with Crippen molar-refractivity contribution in [1.82, 2.24) is 16.0 Å². The normalized spacial score (nSPS) is 14.6. The monoisotopic (exact) mass is 640 g/mol. The Hall–Kier alpha value is -1.59. The number of hydrogen-bond donors (Lipinski definition) is 3. The molecule has 0 aromatic heterocycles. The van der Waals surface area contributed by atoms with Gasteiger partial charge in [0.25, 0.3) is 0 Å². The Morgan fingerprint density at radius 3 is 1.16 bits per heavy atom. The molecular weight excluding hydrogens is 558 g/mol. The van der Waals surface area contributed by atoms with Crippen molar-refractivity contribution >= 4 is 17.7 Å². The van der Waals surface area contributed by atoms with E-state index in [2.05, 4.69) is 92.1 Å². The van der Waals surface area contributed by atoms with Crippen LogP contribution in [0.4, 0.5) is 0 Å². The number of amides is 3. The molecule has 0 fully saturated rings. The van der Waals surface area contributed by atoms with Gasteiger partial charge in [-0.25, -0.2) is 0 Å². The summed E-state index contributed by atoms with van der Waals surface area (Å²) in [6, 6.07) is 0. The van der Waals surface area contributed by atoms with Crippen molar-refractivity contribution in [2.75, 3.05) is 0 Å². The Balaban J connectivity index is -0.000000589. The maximum absolute atomic E-state index is 12.1. The van der Waals surface area contributed by atoms with Crippen LogP contribution in [0.2, 0.25) is 0 Å². The highest BCUT2D eigenvalue weighted by atomic mass is 16.2. The highest BCUT2D eigenvalue weighted by Crippen LogP contribution is 2.30. The van der Waals surface area contributed by atoms with Crippen LogP contribution in [0.15, 0.2) is 0 Å². The molecule has 6 heteroatoms. The van der Waals surface area contributed by atoms with Crippen LogP contribution in [0.5, 0.6) is 0 Å². The fraction of sp³-hybridized carbons (Fsp3) is 0.923. The van der Waals surface area contributed by atoms with Crippen LogP contribution in [0.25, 0.3) is 0 Å². The van der Waals surface area contributed by atoms with Gasteiger partial charge in [-0.1, -0.05) is 95.4 Å². The lowest BCUT2D eigenvalue weighted by atomic mass is 9.77. The van der Waals surface area contributed by atoms with Gasteiger partial charge in [0.2, 0.25) is 17.7 Å². The summed E-state index contributed by atoms with van der Waals surface area (Å²) in [4.78, 5) is 36.1. The third-order valence-electron chi connectivity index (χ3n) is 7.04. The molecule has 0 rings (SSSR count). The van der Waals surface area contributed by atoms with Gasteiger partial charge in [0.05, 0.1) is 0 Å². The van der Waals surface area contributed by atoms with Crippen LogP contribution < -0.4 is 16.0 Å². The molecule has 6 nitrogen and oxygen atoms in total. The predicted octanol–water partition coefficient (Wildman–Crippen LogP) is 10.1. The average molecular weight is 640 g/mol. The molecule has 270 valence electrons. The van der Waals surface area contributed by atoms with Crippen LogP contribution in [-0.4, -0.2) is 34.3 Å². The summed E-state index contributed by atoms with van der Waals surface area (Å²) < 4.78 is 0. The first-order chi connectivity index (χ1) is 19.9. The number of hydrogen-bond acceptors (Lipinski definition) is 3. The first-order valence-electron chi connectivity index (χ1n) is 17.9. The van der Waals surface area contributed by atoms with Crippen LogP contribution in [0.3, 0.4) is 0 Å². The van der Waals surface area contributed by atoms with E-state index in [1.54, 1.807) is 0 Å². The second-order valence-corrected chi connectivity index (χ2v) is 18.8. The fourth-order valence-corrected chi connectivity index (χ4v) is 5.13. The van der Waals surface area contributed by atoms with Gasteiger partial charge in [0.15, 0.2) is 0 Å². The van der Waals surface area contributed by atoms with Crippen molar-refractivity contribution in [3.8, 4) is 0 Å². The Kier molecular flexibility index (Phi) is 21.9. The largest absolute Gasteiger partial charge is 0.351 e. The second kappa shape index (κ2) is 20.6. The summed E-state index contributed by atoms with van der Waals surface area (Å²) in [5, 5.41) is 9.21. The molecule has 45 heavy (non-hydrogen) atoms. The fourth-order valence-electron chi connectivity index (χ4n) is 5.13. The van der Waals surface area contributed by atoms with Gasteiger partial charge >= 0.3 is 0 Å². The minimum absolute atomic E-state index is 0.0470. The number of nitrogens with one attached hydrogen (secondary N) is 3. The molecule has 0 aliphatic carbocycles. The van der Waals surface area contributed by atoms with Crippen molar-refractivity contribution in [2.45, 2.75) is 200 Å². The third-order valence-corrected chi connectivity index (χ3v) is 7.04. The van der Waals surface area contributed by atoms with E-state index < -0.39 is 0 Å². The molecule has 3 atom stereocenters. The molecule has 0 heterocycles. The average Bonchev–Trinajstić information content (AvgIpc) is 2.76. The zero-order valence-electron chi connectivity index (χ0n) is 34.0. The van der Waals surface area contributed by atoms with Crippen LogP contribution in [0.1, 0.15) is 183 Å². The first kappa shape index (κ1) is 47.8. The van der Waals surface area contributed by atoms with Crippen LogP contribution in [0, 0.1) is 34.5 Å². The van der Waals surface area contributed by atoms with E-state index >= 15 is 0 Å². The Bertz CT molecular complexity index is 828. The summed E-state index contributed by atoms with van der Waals surface area (Å²) in [5.74, 6) is 1.47. The smallest absolute Gasteiger partial charge is 0.224 e. The summed E-state index contributed by atoms with van der Waals surface area (Å²) >= 11 is 0. The molecular formula is C39H81N3O3. The van der Waals surface area contributed by atoms with E-state index in [1.165, 1.54) is 0 Å². The first-order valence-corrected chi connectivity index (χ1v) is 17.9. The molecule has 0 aromatic rings. The second-order valence-electron chi connectivity index (χ2n) is 18.8. The Morgan fingerprint density at radius 1 is 0.511 bits per heavy atom. The van der Waals surface area contributed by atoms with Gasteiger partial charge in [-0.2, -0.15) is 0 Å². The standard InChI is InChI=1S/C14H29NO.C13H27NO.C12H25NO/c1-8-9-11(10-13(2,3)4)12(16)15-14(5,6)7;1-8-9-10(12(2,3)4)11(15)14-13(5,6)7;1-7-8-10(9(2)3)11(14)13-12(4,5)6/h11H,8-10H2,1-7H3,(H,15,16);10H,8-9H2,1-7H3,(H,14,15);9-10H,7-8H2,1-6H3,(H,13,14). The molecule has 0 bridgehead atoms. The minimum Gasteiger partial charge on any atom is -0.351 e. The highest BCUT2D eigenvalue weighted by Gasteiger charge is 2.32. The van der Waals surface area contributed by atoms with Crippen molar-refractivity contribution in [3.05, 3.63) is 0 Å². The van der Waals surface area contributed by atoms with E-state index in [4.69, 9.17) is 0 Å². The van der Waals surface area contributed by atoms with Gasteiger partial charge in [-0.15, -0.1) is 0 Å². The summed E-state index contributed by atoms with van der Waals surface area (Å²) in [6.45, 7) is 41.8. The van der Waals surface area contributed by atoms with Crippen LogP contribution in [-0.2, 0) is 14.4 Å². The number of rotatable bonds is 11.